The summed E-state index contributed by atoms with van der Waals surface area (Å²) in [7, 11) is 0. The number of rotatable bonds is 4. The van der Waals surface area contributed by atoms with Crippen molar-refractivity contribution in [1.82, 2.24) is 10.2 Å². The van der Waals surface area contributed by atoms with Crippen LogP contribution in [0.4, 0.5) is 0 Å². The molecule has 1 amide bonds. The van der Waals surface area contributed by atoms with E-state index in [0.29, 0.717) is 24.0 Å². The Bertz CT molecular complexity index is 814. The van der Waals surface area contributed by atoms with Gasteiger partial charge < -0.3 is 10.1 Å². The smallest absolute Gasteiger partial charge is 0.276 e. The first-order valence-electron chi connectivity index (χ1n) is 7.64. The molecule has 0 unspecified atom stereocenters. The van der Waals surface area contributed by atoms with Crippen LogP contribution < -0.4 is 10.1 Å². The van der Waals surface area contributed by atoms with E-state index in [1.54, 1.807) is 4.90 Å². The molecule has 0 aliphatic carbocycles. The maximum absolute atomic E-state index is 12.4. The predicted molar refractivity (Wildman–Crippen MR) is 96.2 cm³/mol. The van der Waals surface area contributed by atoms with E-state index >= 15 is 0 Å². The van der Waals surface area contributed by atoms with E-state index in [1.165, 1.54) is 0 Å². The third-order valence-corrected chi connectivity index (χ3v) is 4.12. The number of fused-ring (bicyclic) bond motifs is 1. The van der Waals surface area contributed by atoms with Crippen molar-refractivity contribution >= 4 is 40.1 Å². The molecular formula is C18H18N2O2S. The lowest BCUT2D eigenvalue weighted by Gasteiger charge is -2.11. The summed E-state index contributed by atoms with van der Waals surface area (Å²) in [6, 6.07) is 12.0. The van der Waals surface area contributed by atoms with E-state index < -0.39 is 0 Å². The Hall–Kier alpha value is -2.40. The minimum atomic E-state index is -0.104. The number of likely N-dealkylation sites (N-methyl/N-ethyl adjacent to an activating group) is 1. The van der Waals surface area contributed by atoms with Crippen molar-refractivity contribution in [2.24, 2.45) is 0 Å². The van der Waals surface area contributed by atoms with Crippen LogP contribution in [0, 0.1) is 0 Å². The second-order valence-corrected chi connectivity index (χ2v) is 5.56. The normalized spacial score (nSPS) is 16.3. The maximum Gasteiger partial charge on any atom is 0.276 e. The maximum atomic E-state index is 12.4. The van der Waals surface area contributed by atoms with Crippen molar-refractivity contribution in [3.63, 3.8) is 0 Å². The predicted octanol–water partition coefficient (Wildman–Crippen LogP) is 3.32. The van der Waals surface area contributed by atoms with Crippen LogP contribution in [0.1, 0.15) is 19.4 Å². The summed E-state index contributed by atoms with van der Waals surface area (Å²) in [5.41, 5.74) is 1.37. The Morgan fingerprint density at radius 3 is 2.70 bits per heavy atom. The van der Waals surface area contributed by atoms with E-state index in [9.17, 15) is 4.79 Å². The number of benzene rings is 2. The van der Waals surface area contributed by atoms with Gasteiger partial charge in [-0.3, -0.25) is 9.69 Å². The molecule has 0 bridgehead atoms. The monoisotopic (exact) mass is 326 g/mol. The van der Waals surface area contributed by atoms with Gasteiger partial charge in [-0.25, -0.2) is 0 Å². The molecule has 23 heavy (non-hydrogen) atoms. The van der Waals surface area contributed by atoms with Gasteiger partial charge in [-0.1, -0.05) is 30.3 Å². The summed E-state index contributed by atoms with van der Waals surface area (Å²) >= 11 is 5.21. The first kappa shape index (κ1) is 15.5. The van der Waals surface area contributed by atoms with E-state index in [0.717, 1.165) is 22.1 Å². The Morgan fingerprint density at radius 2 is 2.00 bits per heavy atom. The van der Waals surface area contributed by atoms with Gasteiger partial charge in [0.1, 0.15) is 11.4 Å². The molecule has 2 aromatic rings. The second kappa shape index (κ2) is 6.38. The molecule has 1 N–H and O–H groups in total. The standard InChI is InChI=1S/C18H18N2O2S/c1-3-20-17(21)15(19-18(20)23)11-14-13-8-6-5-7-12(13)9-10-16(14)22-4-2/h5-11H,3-4H2,1-2H3,(H,19,23)/b15-11-. The molecule has 0 saturated carbocycles. The average Bonchev–Trinajstić information content (AvgIpc) is 2.83. The van der Waals surface area contributed by atoms with Gasteiger partial charge in [0.15, 0.2) is 5.11 Å². The lowest BCUT2D eigenvalue weighted by molar-refractivity contribution is -0.122. The molecule has 5 heteroatoms. The Morgan fingerprint density at radius 1 is 1.22 bits per heavy atom. The molecule has 1 saturated heterocycles. The fourth-order valence-corrected chi connectivity index (χ4v) is 3.03. The van der Waals surface area contributed by atoms with Crippen LogP contribution in [0.15, 0.2) is 42.1 Å². The van der Waals surface area contributed by atoms with Gasteiger partial charge in [0.2, 0.25) is 0 Å². The second-order valence-electron chi connectivity index (χ2n) is 5.17. The van der Waals surface area contributed by atoms with Crippen molar-refractivity contribution in [1.29, 1.82) is 0 Å². The zero-order valence-corrected chi connectivity index (χ0v) is 13.9. The third-order valence-electron chi connectivity index (χ3n) is 3.80. The highest BCUT2D eigenvalue weighted by molar-refractivity contribution is 7.80. The summed E-state index contributed by atoms with van der Waals surface area (Å²) in [5.74, 6) is 0.655. The molecule has 0 aromatic heterocycles. The minimum Gasteiger partial charge on any atom is -0.493 e. The number of amides is 1. The summed E-state index contributed by atoms with van der Waals surface area (Å²) in [6.45, 7) is 4.96. The fourth-order valence-electron chi connectivity index (χ4n) is 2.71. The molecule has 0 spiro atoms. The van der Waals surface area contributed by atoms with E-state index in [2.05, 4.69) is 5.32 Å². The van der Waals surface area contributed by atoms with Gasteiger partial charge in [0.05, 0.1) is 6.61 Å². The Kier molecular flexibility index (Phi) is 4.30. The van der Waals surface area contributed by atoms with Gasteiger partial charge in [0.25, 0.3) is 5.91 Å². The molecule has 118 valence electrons. The average molecular weight is 326 g/mol. The number of hydrogen-bond acceptors (Lipinski definition) is 3. The minimum absolute atomic E-state index is 0.104. The lowest BCUT2D eigenvalue weighted by atomic mass is 10.0. The van der Waals surface area contributed by atoms with Crippen molar-refractivity contribution in [2.45, 2.75) is 13.8 Å². The van der Waals surface area contributed by atoms with Crippen molar-refractivity contribution < 1.29 is 9.53 Å². The van der Waals surface area contributed by atoms with Crippen LogP contribution in [-0.4, -0.2) is 29.1 Å². The molecule has 1 aliphatic heterocycles. The summed E-state index contributed by atoms with van der Waals surface area (Å²) in [4.78, 5) is 14.0. The summed E-state index contributed by atoms with van der Waals surface area (Å²) in [5, 5.41) is 5.59. The molecule has 1 fully saturated rings. The van der Waals surface area contributed by atoms with Crippen LogP contribution in [0.2, 0.25) is 0 Å². The number of ether oxygens (including phenoxy) is 1. The van der Waals surface area contributed by atoms with Crippen LogP contribution in [0.5, 0.6) is 5.75 Å². The van der Waals surface area contributed by atoms with Gasteiger partial charge in [-0.2, -0.15) is 0 Å². The molecule has 3 rings (SSSR count). The topological polar surface area (TPSA) is 41.6 Å². The third kappa shape index (κ3) is 2.80. The highest BCUT2D eigenvalue weighted by atomic mass is 32.1. The number of carbonyl (C=O) groups excluding carboxylic acids is 1. The van der Waals surface area contributed by atoms with Crippen molar-refractivity contribution in [3.05, 3.63) is 47.7 Å². The van der Waals surface area contributed by atoms with Gasteiger partial charge in [0, 0.05) is 12.1 Å². The van der Waals surface area contributed by atoms with Crippen LogP contribution in [0.25, 0.3) is 16.8 Å². The van der Waals surface area contributed by atoms with E-state index in [1.807, 2.05) is 56.3 Å². The van der Waals surface area contributed by atoms with Crippen LogP contribution in [0.3, 0.4) is 0 Å². The van der Waals surface area contributed by atoms with Gasteiger partial charge >= 0.3 is 0 Å². The first-order chi connectivity index (χ1) is 11.2. The summed E-state index contributed by atoms with van der Waals surface area (Å²) in [6.07, 6.45) is 1.83. The Labute approximate surface area is 140 Å². The van der Waals surface area contributed by atoms with Crippen molar-refractivity contribution in [2.75, 3.05) is 13.2 Å². The zero-order valence-electron chi connectivity index (χ0n) is 13.1. The molecule has 1 aliphatic rings. The first-order valence-corrected chi connectivity index (χ1v) is 8.05. The van der Waals surface area contributed by atoms with Crippen molar-refractivity contribution in [3.8, 4) is 5.75 Å². The fraction of sp³-hybridized carbons (Fsp3) is 0.222. The molecule has 1 heterocycles. The van der Waals surface area contributed by atoms with E-state index in [4.69, 9.17) is 17.0 Å². The number of thiocarbonyl (C=S) groups is 1. The lowest BCUT2D eigenvalue weighted by Crippen LogP contribution is -2.30. The molecule has 2 aromatic carbocycles. The van der Waals surface area contributed by atoms with Gasteiger partial charge in [-0.15, -0.1) is 0 Å². The number of carbonyl (C=O) groups is 1. The number of nitrogens with zero attached hydrogens (tertiary/aromatic N) is 1. The van der Waals surface area contributed by atoms with Gasteiger partial charge in [-0.05, 0) is 49.0 Å². The summed E-state index contributed by atoms with van der Waals surface area (Å²) < 4.78 is 5.74. The quantitative estimate of drug-likeness (QED) is 0.691. The molecule has 4 nitrogen and oxygen atoms in total. The highest BCUT2D eigenvalue weighted by Crippen LogP contribution is 2.31. The largest absolute Gasteiger partial charge is 0.493 e. The molecule has 0 atom stereocenters. The molecule has 0 radical (unpaired) electrons. The molecular weight excluding hydrogens is 308 g/mol. The van der Waals surface area contributed by atoms with E-state index in [-0.39, 0.29) is 5.91 Å². The van der Waals surface area contributed by atoms with Crippen LogP contribution in [-0.2, 0) is 4.79 Å². The van der Waals surface area contributed by atoms with Crippen LogP contribution >= 0.6 is 12.2 Å². The number of hydrogen-bond donors (Lipinski definition) is 1. The Balaban J connectivity index is 2.15. The zero-order chi connectivity index (χ0) is 16.4. The number of nitrogens with one attached hydrogen (secondary N) is 1. The SMILES string of the molecule is CCOc1ccc2ccccc2c1/C=C1\NC(=S)N(CC)C1=O. The highest BCUT2D eigenvalue weighted by Gasteiger charge is 2.29.